The molecule has 0 saturated carbocycles. The number of rotatable bonds is 3. The fourth-order valence-electron chi connectivity index (χ4n) is 3.34. The number of benzene rings is 1. The molecule has 1 aliphatic rings. The van der Waals surface area contributed by atoms with Gasteiger partial charge in [-0.2, -0.15) is 5.26 Å². The molecule has 25 heavy (non-hydrogen) atoms. The quantitative estimate of drug-likeness (QED) is 0.791. The highest BCUT2D eigenvalue weighted by molar-refractivity contribution is 5.60. The SMILES string of the molecule is N#Cc1cccnc1N1CCCC1c1ncc(-c2ccccc2F)[nH]1. The van der Waals surface area contributed by atoms with Crippen molar-refractivity contribution in [2.45, 2.75) is 18.9 Å². The monoisotopic (exact) mass is 333 g/mol. The predicted octanol–water partition coefficient (Wildman–Crippen LogP) is 3.82. The second kappa shape index (κ2) is 6.36. The van der Waals surface area contributed by atoms with Crippen LogP contribution in [0.5, 0.6) is 0 Å². The lowest BCUT2D eigenvalue weighted by Gasteiger charge is -2.24. The molecule has 1 aromatic carbocycles. The summed E-state index contributed by atoms with van der Waals surface area (Å²) in [6.45, 7) is 0.812. The molecular weight excluding hydrogens is 317 g/mol. The summed E-state index contributed by atoms with van der Waals surface area (Å²) < 4.78 is 14.0. The fourth-order valence-corrected chi connectivity index (χ4v) is 3.34. The van der Waals surface area contributed by atoms with E-state index in [-0.39, 0.29) is 11.9 Å². The van der Waals surface area contributed by atoms with Gasteiger partial charge in [0.1, 0.15) is 23.5 Å². The number of hydrogen-bond acceptors (Lipinski definition) is 4. The predicted molar refractivity (Wildman–Crippen MR) is 92.3 cm³/mol. The molecule has 0 spiro atoms. The molecule has 0 radical (unpaired) electrons. The van der Waals surface area contributed by atoms with Gasteiger partial charge in [-0.25, -0.2) is 14.4 Å². The van der Waals surface area contributed by atoms with Gasteiger partial charge < -0.3 is 9.88 Å². The minimum atomic E-state index is -0.280. The molecule has 1 N–H and O–H groups in total. The first-order valence-corrected chi connectivity index (χ1v) is 8.19. The Bertz CT molecular complexity index is 943. The Kier molecular flexibility index (Phi) is 3.90. The van der Waals surface area contributed by atoms with Crippen LogP contribution in [0.3, 0.4) is 0 Å². The molecule has 1 aliphatic heterocycles. The van der Waals surface area contributed by atoms with Crippen molar-refractivity contribution in [3.05, 3.63) is 66.0 Å². The summed E-state index contributed by atoms with van der Waals surface area (Å²) in [6.07, 6.45) is 5.25. The maximum atomic E-state index is 14.0. The number of halogens is 1. The van der Waals surface area contributed by atoms with Crippen molar-refractivity contribution in [2.24, 2.45) is 0 Å². The van der Waals surface area contributed by atoms with E-state index in [0.717, 1.165) is 25.2 Å². The number of hydrogen-bond donors (Lipinski definition) is 1. The highest BCUT2D eigenvalue weighted by atomic mass is 19.1. The highest BCUT2D eigenvalue weighted by Gasteiger charge is 2.31. The molecule has 3 aromatic rings. The van der Waals surface area contributed by atoms with Crippen molar-refractivity contribution in [2.75, 3.05) is 11.4 Å². The number of pyridine rings is 1. The lowest BCUT2D eigenvalue weighted by molar-refractivity contribution is 0.630. The van der Waals surface area contributed by atoms with Crippen molar-refractivity contribution in [3.8, 4) is 17.3 Å². The number of nitrogens with zero attached hydrogens (tertiary/aromatic N) is 4. The van der Waals surface area contributed by atoms with E-state index in [2.05, 4.69) is 25.9 Å². The van der Waals surface area contributed by atoms with E-state index in [1.807, 2.05) is 0 Å². The molecule has 1 saturated heterocycles. The van der Waals surface area contributed by atoms with Crippen LogP contribution in [-0.2, 0) is 0 Å². The van der Waals surface area contributed by atoms with Crippen LogP contribution in [0.1, 0.15) is 30.3 Å². The minimum Gasteiger partial charge on any atom is -0.345 e. The lowest BCUT2D eigenvalue weighted by Crippen LogP contribution is -2.25. The first kappa shape index (κ1) is 15.3. The van der Waals surface area contributed by atoms with Crippen LogP contribution in [0, 0.1) is 17.1 Å². The Balaban J connectivity index is 1.68. The van der Waals surface area contributed by atoms with Gasteiger partial charge in [-0.3, -0.25) is 0 Å². The van der Waals surface area contributed by atoms with E-state index >= 15 is 0 Å². The third-order valence-electron chi connectivity index (χ3n) is 4.51. The highest BCUT2D eigenvalue weighted by Crippen LogP contribution is 2.36. The molecule has 0 aliphatic carbocycles. The number of imidazole rings is 1. The van der Waals surface area contributed by atoms with Crippen LogP contribution in [-0.4, -0.2) is 21.5 Å². The van der Waals surface area contributed by atoms with Crippen LogP contribution in [0.25, 0.3) is 11.3 Å². The summed E-state index contributed by atoms with van der Waals surface area (Å²) in [5.74, 6) is 1.17. The Hall–Kier alpha value is -3.20. The minimum absolute atomic E-state index is 0.00234. The van der Waals surface area contributed by atoms with E-state index < -0.39 is 0 Å². The molecule has 6 heteroatoms. The van der Waals surface area contributed by atoms with Gasteiger partial charge in [0, 0.05) is 18.3 Å². The Labute approximate surface area is 144 Å². The smallest absolute Gasteiger partial charge is 0.147 e. The number of nitrogens with one attached hydrogen (secondary N) is 1. The molecule has 1 fully saturated rings. The molecule has 1 atom stereocenters. The summed E-state index contributed by atoms with van der Waals surface area (Å²) in [7, 11) is 0. The molecule has 124 valence electrons. The number of nitriles is 1. The van der Waals surface area contributed by atoms with Crippen molar-refractivity contribution in [1.29, 1.82) is 5.26 Å². The van der Waals surface area contributed by atoms with Crippen LogP contribution < -0.4 is 4.90 Å². The average molecular weight is 333 g/mol. The van der Waals surface area contributed by atoms with E-state index in [4.69, 9.17) is 0 Å². The van der Waals surface area contributed by atoms with Gasteiger partial charge in [-0.15, -0.1) is 0 Å². The number of anilines is 1. The molecule has 2 aromatic heterocycles. The maximum absolute atomic E-state index is 14.0. The van der Waals surface area contributed by atoms with E-state index in [1.165, 1.54) is 6.07 Å². The normalized spacial score (nSPS) is 16.8. The van der Waals surface area contributed by atoms with Crippen molar-refractivity contribution in [1.82, 2.24) is 15.0 Å². The second-order valence-corrected chi connectivity index (χ2v) is 6.00. The summed E-state index contributed by atoms with van der Waals surface area (Å²) >= 11 is 0. The summed E-state index contributed by atoms with van der Waals surface area (Å²) in [5, 5.41) is 9.34. The van der Waals surface area contributed by atoms with Crippen LogP contribution in [0.2, 0.25) is 0 Å². The van der Waals surface area contributed by atoms with Crippen LogP contribution in [0.4, 0.5) is 10.2 Å². The van der Waals surface area contributed by atoms with Crippen molar-refractivity contribution >= 4 is 5.82 Å². The standard InChI is InChI=1S/C19H16FN5/c20-15-7-2-1-6-14(15)16-12-23-18(24-16)17-8-4-10-25(17)19-13(11-21)5-3-9-22-19/h1-3,5-7,9,12,17H,4,8,10H2,(H,23,24). The van der Waals surface area contributed by atoms with Gasteiger partial charge in [0.2, 0.25) is 0 Å². The third-order valence-corrected chi connectivity index (χ3v) is 4.51. The van der Waals surface area contributed by atoms with Gasteiger partial charge >= 0.3 is 0 Å². The fraction of sp³-hybridized carbons (Fsp3) is 0.211. The molecule has 0 bridgehead atoms. The lowest BCUT2D eigenvalue weighted by atomic mass is 10.1. The van der Waals surface area contributed by atoms with Gasteiger partial charge in [-0.05, 0) is 37.1 Å². The summed E-state index contributed by atoms with van der Waals surface area (Å²) in [6, 6.07) is 12.4. The van der Waals surface area contributed by atoms with Crippen LogP contribution in [0.15, 0.2) is 48.8 Å². The molecular formula is C19H16FN5. The topological polar surface area (TPSA) is 68.6 Å². The zero-order valence-electron chi connectivity index (χ0n) is 13.5. The molecule has 3 heterocycles. The maximum Gasteiger partial charge on any atom is 0.147 e. The van der Waals surface area contributed by atoms with E-state index in [1.54, 1.807) is 42.7 Å². The molecule has 1 unspecified atom stereocenters. The van der Waals surface area contributed by atoms with Crippen molar-refractivity contribution in [3.63, 3.8) is 0 Å². The van der Waals surface area contributed by atoms with E-state index in [9.17, 15) is 9.65 Å². The molecule has 4 rings (SSSR count). The van der Waals surface area contributed by atoms with Crippen molar-refractivity contribution < 1.29 is 4.39 Å². The molecule has 0 amide bonds. The first-order valence-electron chi connectivity index (χ1n) is 8.19. The van der Waals surface area contributed by atoms with Gasteiger partial charge in [0.25, 0.3) is 0 Å². The van der Waals surface area contributed by atoms with Crippen LogP contribution >= 0.6 is 0 Å². The largest absolute Gasteiger partial charge is 0.345 e. The van der Waals surface area contributed by atoms with Gasteiger partial charge in [0.05, 0.1) is 23.5 Å². The zero-order chi connectivity index (χ0) is 17.2. The van der Waals surface area contributed by atoms with E-state index in [0.29, 0.717) is 22.6 Å². The third kappa shape index (κ3) is 2.74. The summed E-state index contributed by atoms with van der Waals surface area (Å²) in [5.41, 5.74) is 1.71. The number of aromatic amines is 1. The average Bonchev–Trinajstić information content (AvgIpc) is 3.31. The first-order chi connectivity index (χ1) is 12.3. The number of aromatic nitrogens is 3. The Morgan fingerprint density at radius 1 is 1.20 bits per heavy atom. The summed E-state index contributed by atoms with van der Waals surface area (Å²) in [4.78, 5) is 14.2. The van der Waals surface area contributed by atoms with Gasteiger partial charge in [0.15, 0.2) is 0 Å². The molecule has 5 nitrogen and oxygen atoms in total. The Morgan fingerprint density at radius 3 is 2.92 bits per heavy atom. The second-order valence-electron chi connectivity index (χ2n) is 6.00. The van der Waals surface area contributed by atoms with Gasteiger partial charge in [-0.1, -0.05) is 12.1 Å². The Morgan fingerprint density at radius 2 is 2.08 bits per heavy atom. The zero-order valence-corrected chi connectivity index (χ0v) is 13.5. The number of H-pyrrole nitrogens is 1.